The third kappa shape index (κ3) is 4.49. The van der Waals surface area contributed by atoms with Crippen molar-refractivity contribution in [2.75, 3.05) is 11.6 Å². The molecule has 23 heavy (non-hydrogen) atoms. The molecule has 0 unspecified atom stereocenters. The highest BCUT2D eigenvalue weighted by molar-refractivity contribution is 8.07. The van der Waals surface area contributed by atoms with Crippen molar-refractivity contribution in [2.24, 2.45) is 0 Å². The summed E-state index contributed by atoms with van der Waals surface area (Å²) < 4.78 is 0. The Labute approximate surface area is 143 Å². The molecule has 120 valence electrons. The second-order valence-electron chi connectivity index (χ2n) is 5.21. The molecule has 2 rings (SSSR count). The normalized spacial score (nSPS) is 11.3. The minimum absolute atomic E-state index is 0.153. The zero-order chi connectivity index (χ0) is 16.7. The summed E-state index contributed by atoms with van der Waals surface area (Å²) in [6, 6.07) is 16.0. The monoisotopic (exact) mass is 325 g/mol. The van der Waals surface area contributed by atoms with Gasteiger partial charge >= 0.3 is 0 Å². The summed E-state index contributed by atoms with van der Waals surface area (Å²) in [6.45, 7) is 4.03. The smallest absolute Gasteiger partial charge is 0.164 e. The van der Waals surface area contributed by atoms with Gasteiger partial charge in [0.2, 0.25) is 0 Å². The Morgan fingerprint density at radius 1 is 1.13 bits per heavy atom. The van der Waals surface area contributed by atoms with Gasteiger partial charge in [-0.2, -0.15) is 0 Å². The third-order valence-electron chi connectivity index (χ3n) is 3.58. The average Bonchev–Trinajstić information content (AvgIpc) is 2.59. The van der Waals surface area contributed by atoms with E-state index in [-0.39, 0.29) is 5.78 Å². The lowest BCUT2D eigenvalue weighted by molar-refractivity contribution is 0.0989. The van der Waals surface area contributed by atoms with Gasteiger partial charge in [-0.25, -0.2) is 0 Å². The number of allylic oxidation sites excluding steroid dienone is 1. The number of carbonyl (C=O) groups excluding carboxylic acids is 1. The van der Waals surface area contributed by atoms with Gasteiger partial charge in [-0.1, -0.05) is 44.2 Å². The van der Waals surface area contributed by atoms with Crippen LogP contribution in [0.1, 0.15) is 42.6 Å². The van der Waals surface area contributed by atoms with Gasteiger partial charge in [0, 0.05) is 28.3 Å². The molecule has 0 heterocycles. The molecule has 0 aromatic heterocycles. The number of nitrogens with one attached hydrogen (secondary N) is 1. The molecule has 0 bridgehead atoms. The van der Waals surface area contributed by atoms with Crippen LogP contribution in [0.2, 0.25) is 0 Å². The zero-order valence-corrected chi connectivity index (χ0v) is 14.7. The molecule has 0 aliphatic rings. The minimum Gasteiger partial charge on any atom is -0.355 e. The summed E-state index contributed by atoms with van der Waals surface area (Å²) in [5.41, 5.74) is 3.80. The molecule has 0 aliphatic carbocycles. The topological polar surface area (TPSA) is 29.1 Å². The Morgan fingerprint density at radius 3 is 2.61 bits per heavy atom. The van der Waals surface area contributed by atoms with Crippen LogP contribution in [-0.2, 0) is 0 Å². The number of hydrogen-bond donors (Lipinski definition) is 1. The van der Waals surface area contributed by atoms with Gasteiger partial charge in [0.05, 0.1) is 0 Å². The molecule has 2 nitrogen and oxygen atoms in total. The van der Waals surface area contributed by atoms with Crippen molar-refractivity contribution in [1.29, 1.82) is 0 Å². The van der Waals surface area contributed by atoms with E-state index in [9.17, 15) is 4.79 Å². The van der Waals surface area contributed by atoms with E-state index in [4.69, 9.17) is 0 Å². The van der Waals surface area contributed by atoms with Gasteiger partial charge < -0.3 is 5.32 Å². The summed E-state index contributed by atoms with van der Waals surface area (Å²) in [6.07, 6.45) is 5.85. The van der Waals surface area contributed by atoms with Gasteiger partial charge in [-0.15, -0.1) is 11.8 Å². The van der Waals surface area contributed by atoms with Crippen molar-refractivity contribution >= 4 is 33.8 Å². The van der Waals surface area contributed by atoms with Crippen LogP contribution >= 0.6 is 11.8 Å². The Bertz CT molecular complexity index is 706. The molecule has 0 radical (unpaired) electrons. The fraction of sp³-hybridized carbons (Fsp3) is 0.250. The number of Topliss-reactive ketones (excluding diaryl/α,β-unsaturated/α-hetero) is 1. The lowest BCUT2D eigenvalue weighted by Gasteiger charge is -2.12. The number of benzene rings is 2. The van der Waals surface area contributed by atoms with Crippen LogP contribution in [0.25, 0.3) is 4.91 Å². The maximum Gasteiger partial charge on any atom is 0.164 e. The lowest BCUT2D eigenvalue weighted by atomic mass is 10.1. The summed E-state index contributed by atoms with van der Waals surface area (Å²) in [7, 11) is 0. The van der Waals surface area contributed by atoms with Crippen LogP contribution in [0.3, 0.4) is 0 Å². The predicted molar refractivity (Wildman–Crippen MR) is 103 cm³/mol. The second-order valence-corrected chi connectivity index (χ2v) is 6.06. The van der Waals surface area contributed by atoms with Gasteiger partial charge in [-0.05, 0) is 42.5 Å². The number of para-hydroxylation sites is 1. The largest absolute Gasteiger partial charge is 0.355 e. The predicted octanol–water partition coefficient (Wildman–Crippen LogP) is 6.14. The molecule has 2 aromatic rings. The van der Waals surface area contributed by atoms with Crippen molar-refractivity contribution in [3.8, 4) is 0 Å². The molecule has 0 fully saturated rings. The molecule has 0 saturated heterocycles. The SMILES string of the molecule is CC/C=C(\SC)c1cccc(Nc2ccccc2C(=O)CC)c1. The molecule has 0 amide bonds. The first-order valence-electron chi connectivity index (χ1n) is 7.93. The zero-order valence-electron chi connectivity index (χ0n) is 13.9. The molecule has 3 heteroatoms. The molecule has 0 atom stereocenters. The van der Waals surface area contributed by atoms with Gasteiger partial charge in [0.15, 0.2) is 5.78 Å². The van der Waals surface area contributed by atoms with E-state index in [0.717, 1.165) is 23.4 Å². The van der Waals surface area contributed by atoms with Crippen molar-refractivity contribution in [2.45, 2.75) is 26.7 Å². The van der Waals surface area contributed by atoms with E-state index in [2.05, 4.69) is 36.7 Å². The van der Waals surface area contributed by atoms with Crippen molar-refractivity contribution in [1.82, 2.24) is 0 Å². The molecular weight excluding hydrogens is 302 g/mol. The first kappa shape index (κ1) is 17.4. The van der Waals surface area contributed by atoms with Crippen molar-refractivity contribution in [3.05, 3.63) is 65.7 Å². The van der Waals surface area contributed by atoms with E-state index < -0.39 is 0 Å². The molecule has 2 aromatic carbocycles. The van der Waals surface area contributed by atoms with E-state index in [1.54, 1.807) is 11.8 Å². The standard InChI is InChI=1S/C20H23NOS/c1-4-9-20(23-3)15-10-8-11-16(14-15)21-18-13-7-6-12-17(18)19(22)5-2/h6-14,21H,4-5H2,1-3H3/b20-9-. The number of hydrogen-bond acceptors (Lipinski definition) is 3. The highest BCUT2D eigenvalue weighted by Crippen LogP contribution is 2.29. The molecule has 0 spiro atoms. The lowest BCUT2D eigenvalue weighted by Crippen LogP contribution is -2.02. The third-order valence-corrected chi connectivity index (χ3v) is 4.43. The molecular formula is C20H23NOS. The fourth-order valence-electron chi connectivity index (χ4n) is 2.44. The summed E-state index contributed by atoms with van der Waals surface area (Å²) >= 11 is 1.75. The highest BCUT2D eigenvalue weighted by Gasteiger charge is 2.09. The van der Waals surface area contributed by atoms with Gasteiger partial charge in [0.25, 0.3) is 0 Å². The summed E-state index contributed by atoms with van der Waals surface area (Å²) in [5.74, 6) is 0.153. The first-order chi connectivity index (χ1) is 11.2. The maximum absolute atomic E-state index is 12.1. The molecule has 0 aliphatic heterocycles. The summed E-state index contributed by atoms with van der Waals surface area (Å²) in [4.78, 5) is 13.4. The number of carbonyl (C=O) groups is 1. The fourth-order valence-corrected chi connectivity index (χ4v) is 3.13. The Morgan fingerprint density at radius 2 is 1.91 bits per heavy atom. The van der Waals surface area contributed by atoms with Gasteiger partial charge in [0.1, 0.15) is 0 Å². The minimum atomic E-state index is 0.153. The Kier molecular flexibility index (Phi) is 6.48. The van der Waals surface area contributed by atoms with E-state index in [0.29, 0.717) is 6.42 Å². The average molecular weight is 325 g/mol. The van der Waals surface area contributed by atoms with Crippen LogP contribution < -0.4 is 5.32 Å². The Hall–Kier alpha value is -2.00. The van der Waals surface area contributed by atoms with E-state index in [1.165, 1.54) is 10.5 Å². The molecule has 0 saturated carbocycles. The van der Waals surface area contributed by atoms with Crippen molar-refractivity contribution in [3.63, 3.8) is 0 Å². The second kappa shape index (κ2) is 8.59. The van der Waals surface area contributed by atoms with Crippen LogP contribution in [0, 0.1) is 0 Å². The first-order valence-corrected chi connectivity index (χ1v) is 9.15. The van der Waals surface area contributed by atoms with Crippen LogP contribution in [0.5, 0.6) is 0 Å². The van der Waals surface area contributed by atoms with Crippen LogP contribution in [0.15, 0.2) is 54.6 Å². The molecule has 1 N–H and O–H groups in total. The van der Waals surface area contributed by atoms with Crippen molar-refractivity contribution < 1.29 is 4.79 Å². The van der Waals surface area contributed by atoms with Crippen LogP contribution in [-0.4, -0.2) is 12.0 Å². The number of thioether (sulfide) groups is 1. The van der Waals surface area contributed by atoms with Crippen LogP contribution in [0.4, 0.5) is 11.4 Å². The maximum atomic E-state index is 12.1. The highest BCUT2D eigenvalue weighted by atomic mass is 32.2. The van der Waals surface area contributed by atoms with E-state index >= 15 is 0 Å². The van der Waals surface area contributed by atoms with E-state index in [1.807, 2.05) is 43.3 Å². The number of ketones is 1. The Balaban J connectivity index is 2.32. The summed E-state index contributed by atoms with van der Waals surface area (Å²) in [5, 5.41) is 3.39. The quantitative estimate of drug-likeness (QED) is 0.620. The number of anilines is 2. The number of rotatable bonds is 7. The van der Waals surface area contributed by atoms with Gasteiger partial charge in [-0.3, -0.25) is 4.79 Å².